The van der Waals surface area contributed by atoms with Gasteiger partial charge in [-0.1, -0.05) is 33.1 Å². The van der Waals surface area contributed by atoms with Crippen LogP contribution >= 0.6 is 0 Å². The van der Waals surface area contributed by atoms with E-state index in [9.17, 15) is 4.39 Å². The summed E-state index contributed by atoms with van der Waals surface area (Å²) < 4.78 is 19.1. The molecule has 1 aromatic carbocycles. The maximum atomic E-state index is 13.5. The minimum Gasteiger partial charge on any atom is -0.376 e. The Morgan fingerprint density at radius 2 is 2.16 bits per heavy atom. The Morgan fingerprint density at radius 1 is 1.37 bits per heavy atom. The van der Waals surface area contributed by atoms with E-state index in [4.69, 9.17) is 10.00 Å². The van der Waals surface area contributed by atoms with Crippen LogP contribution in [0.4, 0.5) is 4.39 Å². The summed E-state index contributed by atoms with van der Waals surface area (Å²) in [4.78, 5) is 0. The highest BCUT2D eigenvalue weighted by Gasteiger charge is 2.08. The van der Waals surface area contributed by atoms with E-state index in [2.05, 4.69) is 13.8 Å². The molecule has 0 aliphatic rings. The van der Waals surface area contributed by atoms with Gasteiger partial charge < -0.3 is 4.74 Å². The molecule has 0 radical (unpaired) electrons. The van der Waals surface area contributed by atoms with E-state index in [0.717, 1.165) is 12.8 Å². The summed E-state index contributed by atoms with van der Waals surface area (Å²) >= 11 is 0. The smallest absolute Gasteiger partial charge is 0.128 e. The van der Waals surface area contributed by atoms with Crippen LogP contribution in [0.2, 0.25) is 0 Å². The predicted molar refractivity (Wildman–Crippen MR) is 74.1 cm³/mol. The Labute approximate surface area is 115 Å². The summed E-state index contributed by atoms with van der Waals surface area (Å²) in [6, 6.07) is 6.37. The zero-order valence-corrected chi connectivity index (χ0v) is 11.8. The Balaban J connectivity index is 2.46. The molecule has 0 amide bonds. The van der Waals surface area contributed by atoms with Crippen molar-refractivity contribution in [2.24, 2.45) is 5.92 Å². The van der Waals surface area contributed by atoms with Crippen molar-refractivity contribution in [3.63, 3.8) is 0 Å². The van der Waals surface area contributed by atoms with Gasteiger partial charge in [0.15, 0.2) is 0 Å². The Morgan fingerprint density at radius 3 is 2.79 bits per heavy atom. The molecule has 2 nitrogen and oxygen atoms in total. The molecule has 1 aromatic rings. The van der Waals surface area contributed by atoms with Crippen molar-refractivity contribution in [3.05, 3.63) is 35.1 Å². The van der Waals surface area contributed by atoms with Crippen LogP contribution in [0.15, 0.2) is 18.2 Å². The standard InChI is InChI=1S/C16H22FNO/c1-3-5-6-13(4-2)11-19-12-15-9-14(10-18)7-8-16(15)17/h7-9,13H,3-6,11-12H2,1-2H3. The van der Waals surface area contributed by atoms with Crippen LogP contribution < -0.4 is 0 Å². The average Bonchev–Trinajstić information content (AvgIpc) is 2.44. The zero-order valence-electron chi connectivity index (χ0n) is 11.8. The molecule has 0 saturated carbocycles. The average molecular weight is 263 g/mol. The third kappa shape index (κ3) is 5.40. The van der Waals surface area contributed by atoms with Crippen molar-refractivity contribution < 1.29 is 9.13 Å². The molecule has 0 aliphatic heterocycles. The second-order valence-electron chi connectivity index (χ2n) is 4.85. The lowest BCUT2D eigenvalue weighted by Crippen LogP contribution is -2.09. The number of hydrogen-bond acceptors (Lipinski definition) is 2. The highest BCUT2D eigenvalue weighted by atomic mass is 19.1. The lowest BCUT2D eigenvalue weighted by Gasteiger charge is -2.14. The molecular formula is C16H22FNO. The van der Waals surface area contributed by atoms with E-state index >= 15 is 0 Å². The molecule has 0 spiro atoms. The molecule has 0 bridgehead atoms. The van der Waals surface area contributed by atoms with Crippen LogP contribution in [0, 0.1) is 23.1 Å². The number of hydrogen-bond donors (Lipinski definition) is 0. The molecule has 1 unspecified atom stereocenters. The minimum absolute atomic E-state index is 0.240. The van der Waals surface area contributed by atoms with Gasteiger partial charge in [-0.3, -0.25) is 0 Å². The van der Waals surface area contributed by atoms with E-state index in [0.29, 0.717) is 23.7 Å². The number of benzene rings is 1. The van der Waals surface area contributed by atoms with Crippen LogP contribution in [0.5, 0.6) is 0 Å². The van der Waals surface area contributed by atoms with Crippen molar-refractivity contribution in [2.75, 3.05) is 6.61 Å². The fraction of sp³-hybridized carbons (Fsp3) is 0.562. The van der Waals surface area contributed by atoms with Crippen LogP contribution in [0.1, 0.15) is 50.7 Å². The van der Waals surface area contributed by atoms with E-state index in [1.165, 1.54) is 25.0 Å². The largest absolute Gasteiger partial charge is 0.376 e. The third-order valence-corrected chi connectivity index (χ3v) is 3.33. The maximum absolute atomic E-state index is 13.5. The summed E-state index contributed by atoms with van der Waals surface area (Å²) in [6.45, 7) is 5.23. The second-order valence-corrected chi connectivity index (χ2v) is 4.85. The Hall–Kier alpha value is -1.40. The molecule has 0 aliphatic carbocycles. The molecule has 0 N–H and O–H groups in total. The van der Waals surface area contributed by atoms with Gasteiger partial charge in [0, 0.05) is 12.2 Å². The number of nitriles is 1. The van der Waals surface area contributed by atoms with Gasteiger partial charge in [0.25, 0.3) is 0 Å². The Bertz CT molecular complexity index is 425. The Kier molecular flexibility index (Phi) is 7.14. The molecule has 0 fully saturated rings. The molecule has 1 rings (SSSR count). The normalized spacial score (nSPS) is 12.1. The maximum Gasteiger partial charge on any atom is 0.128 e. The topological polar surface area (TPSA) is 33.0 Å². The summed E-state index contributed by atoms with van der Waals surface area (Å²) in [5.74, 6) is 0.239. The van der Waals surface area contributed by atoms with Gasteiger partial charge in [0.05, 0.1) is 18.2 Å². The summed E-state index contributed by atoms with van der Waals surface area (Å²) in [6.07, 6.45) is 4.64. The van der Waals surface area contributed by atoms with Gasteiger partial charge in [-0.15, -0.1) is 0 Å². The van der Waals surface area contributed by atoms with Crippen LogP contribution in [-0.2, 0) is 11.3 Å². The quantitative estimate of drug-likeness (QED) is 0.695. The molecule has 104 valence electrons. The lowest BCUT2D eigenvalue weighted by molar-refractivity contribution is 0.0802. The first-order valence-corrected chi connectivity index (χ1v) is 6.97. The predicted octanol–water partition coefficient (Wildman–Crippen LogP) is 4.43. The van der Waals surface area contributed by atoms with E-state index in [1.807, 2.05) is 6.07 Å². The third-order valence-electron chi connectivity index (χ3n) is 3.33. The monoisotopic (exact) mass is 263 g/mol. The first-order chi connectivity index (χ1) is 9.21. The van der Waals surface area contributed by atoms with Crippen molar-refractivity contribution in [3.8, 4) is 6.07 Å². The van der Waals surface area contributed by atoms with Crippen molar-refractivity contribution in [1.29, 1.82) is 5.26 Å². The highest BCUT2D eigenvalue weighted by molar-refractivity contribution is 5.33. The summed E-state index contributed by atoms with van der Waals surface area (Å²) in [5.41, 5.74) is 0.933. The number of halogens is 1. The number of ether oxygens (including phenoxy) is 1. The van der Waals surface area contributed by atoms with Gasteiger partial charge in [-0.2, -0.15) is 5.26 Å². The van der Waals surface area contributed by atoms with E-state index in [1.54, 1.807) is 6.07 Å². The van der Waals surface area contributed by atoms with Crippen molar-refractivity contribution >= 4 is 0 Å². The number of rotatable bonds is 8. The summed E-state index contributed by atoms with van der Waals surface area (Å²) in [5, 5.41) is 8.79. The van der Waals surface area contributed by atoms with Crippen LogP contribution in [0.25, 0.3) is 0 Å². The van der Waals surface area contributed by atoms with Crippen molar-refractivity contribution in [2.45, 2.75) is 46.1 Å². The molecule has 1 atom stereocenters. The van der Waals surface area contributed by atoms with Crippen molar-refractivity contribution in [1.82, 2.24) is 0 Å². The van der Waals surface area contributed by atoms with Crippen LogP contribution in [-0.4, -0.2) is 6.61 Å². The number of unbranched alkanes of at least 4 members (excludes halogenated alkanes) is 1. The molecule has 0 saturated heterocycles. The van der Waals surface area contributed by atoms with Gasteiger partial charge in [-0.05, 0) is 30.5 Å². The van der Waals surface area contributed by atoms with Gasteiger partial charge in [0.1, 0.15) is 5.82 Å². The van der Waals surface area contributed by atoms with E-state index < -0.39 is 0 Å². The first-order valence-electron chi connectivity index (χ1n) is 6.97. The fourth-order valence-corrected chi connectivity index (χ4v) is 1.99. The molecule has 0 heterocycles. The summed E-state index contributed by atoms with van der Waals surface area (Å²) in [7, 11) is 0. The number of nitrogens with zero attached hydrogens (tertiary/aromatic N) is 1. The lowest BCUT2D eigenvalue weighted by atomic mass is 10.0. The van der Waals surface area contributed by atoms with Gasteiger partial charge >= 0.3 is 0 Å². The fourth-order valence-electron chi connectivity index (χ4n) is 1.99. The SMILES string of the molecule is CCCCC(CC)COCc1cc(C#N)ccc1F. The molecule has 0 aromatic heterocycles. The molecular weight excluding hydrogens is 241 g/mol. The highest BCUT2D eigenvalue weighted by Crippen LogP contribution is 2.15. The second kappa shape index (κ2) is 8.66. The first kappa shape index (κ1) is 15.7. The van der Waals surface area contributed by atoms with E-state index in [-0.39, 0.29) is 12.4 Å². The van der Waals surface area contributed by atoms with Crippen LogP contribution in [0.3, 0.4) is 0 Å². The van der Waals surface area contributed by atoms with Gasteiger partial charge in [0.2, 0.25) is 0 Å². The van der Waals surface area contributed by atoms with Gasteiger partial charge in [-0.25, -0.2) is 4.39 Å². The molecule has 3 heteroatoms. The molecule has 19 heavy (non-hydrogen) atoms. The minimum atomic E-state index is -0.305. The zero-order chi connectivity index (χ0) is 14.1.